The fourth-order valence-corrected chi connectivity index (χ4v) is 3.07. The van der Waals surface area contributed by atoms with Crippen LogP contribution in [-0.4, -0.2) is 16.7 Å². The maximum absolute atomic E-state index is 9.53. The van der Waals surface area contributed by atoms with Crippen molar-refractivity contribution in [2.75, 3.05) is 6.61 Å². The number of aliphatic hydroxyl groups is 1. The van der Waals surface area contributed by atoms with E-state index in [9.17, 15) is 5.11 Å². The van der Waals surface area contributed by atoms with Crippen molar-refractivity contribution >= 4 is 27.3 Å². The quantitative estimate of drug-likeness (QED) is 0.937. The van der Waals surface area contributed by atoms with E-state index in [4.69, 9.17) is 0 Å². The van der Waals surface area contributed by atoms with E-state index in [0.717, 1.165) is 27.2 Å². The zero-order chi connectivity index (χ0) is 12.3. The molecule has 0 aliphatic rings. The minimum absolute atomic E-state index is 0.104. The lowest BCUT2D eigenvalue weighted by molar-refractivity contribution is 0.263. The van der Waals surface area contributed by atoms with Crippen LogP contribution < -0.4 is 0 Å². The van der Waals surface area contributed by atoms with Gasteiger partial charge in [0.2, 0.25) is 0 Å². The van der Waals surface area contributed by atoms with Crippen LogP contribution in [0.4, 0.5) is 0 Å². The lowest BCUT2D eigenvalue weighted by Crippen LogP contribution is -2.08. The van der Waals surface area contributed by atoms with E-state index in [-0.39, 0.29) is 12.5 Å². The van der Waals surface area contributed by atoms with Gasteiger partial charge in [-0.3, -0.25) is 0 Å². The van der Waals surface area contributed by atoms with Crippen LogP contribution in [0, 0.1) is 6.92 Å². The number of halogens is 1. The maximum Gasteiger partial charge on any atom is 0.0897 e. The Kier molecular flexibility index (Phi) is 4.31. The van der Waals surface area contributed by atoms with Crippen LogP contribution in [0.3, 0.4) is 0 Å². The molecule has 2 nitrogen and oxygen atoms in total. The Morgan fingerprint density at radius 3 is 2.76 bits per heavy atom. The van der Waals surface area contributed by atoms with Gasteiger partial charge in [-0.05, 0) is 25.0 Å². The SMILES string of the molecule is Cc1nc(CC(CO)c2ccccc2Br)cs1. The second kappa shape index (κ2) is 5.76. The minimum Gasteiger partial charge on any atom is -0.396 e. The number of aromatic nitrogens is 1. The Morgan fingerprint density at radius 1 is 1.41 bits per heavy atom. The summed E-state index contributed by atoms with van der Waals surface area (Å²) in [7, 11) is 0. The van der Waals surface area contributed by atoms with Gasteiger partial charge in [0.25, 0.3) is 0 Å². The molecule has 0 saturated heterocycles. The summed E-state index contributed by atoms with van der Waals surface area (Å²) in [4.78, 5) is 4.45. The molecule has 0 aliphatic heterocycles. The van der Waals surface area contributed by atoms with Crippen molar-refractivity contribution in [1.82, 2.24) is 4.98 Å². The van der Waals surface area contributed by atoms with Crippen molar-refractivity contribution in [3.63, 3.8) is 0 Å². The Morgan fingerprint density at radius 2 is 2.18 bits per heavy atom. The number of aryl methyl sites for hydroxylation is 1. The molecule has 90 valence electrons. The van der Waals surface area contributed by atoms with Crippen molar-refractivity contribution < 1.29 is 5.11 Å². The molecule has 1 aromatic heterocycles. The van der Waals surface area contributed by atoms with Crippen LogP contribution in [0.25, 0.3) is 0 Å². The lowest BCUT2D eigenvalue weighted by atomic mass is 9.95. The molecule has 0 radical (unpaired) electrons. The third-order valence-electron chi connectivity index (χ3n) is 2.69. The van der Waals surface area contributed by atoms with Crippen LogP contribution in [-0.2, 0) is 6.42 Å². The first kappa shape index (κ1) is 12.7. The van der Waals surface area contributed by atoms with Crippen LogP contribution in [0.2, 0.25) is 0 Å². The number of benzene rings is 1. The summed E-state index contributed by atoms with van der Waals surface area (Å²) >= 11 is 5.18. The smallest absolute Gasteiger partial charge is 0.0897 e. The molecule has 17 heavy (non-hydrogen) atoms. The van der Waals surface area contributed by atoms with Gasteiger partial charge in [0.05, 0.1) is 17.3 Å². The summed E-state index contributed by atoms with van der Waals surface area (Å²) in [5.41, 5.74) is 2.20. The Bertz CT molecular complexity index is 498. The first-order chi connectivity index (χ1) is 8.20. The summed E-state index contributed by atoms with van der Waals surface area (Å²) in [5, 5.41) is 12.7. The molecule has 0 aliphatic carbocycles. The van der Waals surface area contributed by atoms with E-state index >= 15 is 0 Å². The topological polar surface area (TPSA) is 33.1 Å². The number of nitrogens with zero attached hydrogens (tertiary/aromatic N) is 1. The van der Waals surface area contributed by atoms with Crippen LogP contribution >= 0.6 is 27.3 Å². The first-order valence-corrected chi connectivity index (χ1v) is 7.14. The highest BCUT2D eigenvalue weighted by Gasteiger charge is 2.15. The molecule has 0 amide bonds. The van der Waals surface area contributed by atoms with Crippen LogP contribution in [0.5, 0.6) is 0 Å². The monoisotopic (exact) mass is 311 g/mol. The number of thiazole rings is 1. The van der Waals surface area contributed by atoms with Gasteiger partial charge in [0, 0.05) is 15.8 Å². The van der Waals surface area contributed by atoms with Gasteiger partial charge in [0.1, 0.15) is 0 Å². The van der Waals surface area contributed by atoms with E-state index in [2.05, 4.69) is 26.3 Å². The molecular weight excluding hydrogens is 298 g/mol. The molecule has 2 aromatic rings. The number of rotatable bonds is 4. The van der Waals surface area contributed by atoms with Gasteiger partial charge >= 0.3 is 0 Å². The van der Waals surface area contributed by atoms with Crippen molar-refractivity contribution in [2.45, 2.75) is 19.3 Å². The van der Waals surface area contributed by atoms with Crippen molar-refractivity contribution in [2.24, 2.45) is 0 Å². The van der Waals surface area contributed by atoms with Crippen molar-refractivity contribution in [1.29, 1.82) is 0 Å². The molecule has 1 heterocycles. The number of aliphatic hydroxyl groups excluding tert-OH is 1. The van der Waals surface area contributed by atoms with E-state index in [1.165, 1.54) is 0 Å². The summed E-state index contributed by atoms with van der Waals surface area (Å²) in [6.07, 6.45) is 0.781. The molecule has 1 N–H and O–H groups in total. The van der Waals surface area contributed by atoms with Crippen molar-refractivity contribution in [3.8, 4) is 0 Å². The lowest BCUT2D eigenvalue weighted by Gasteiger charge is -2.14. The third kappa shape index (κ3) is 3.15. The van der Waals surface area contributed by atoms with E-state index < -0.39 is 0 Å². The largest absolute Gasteiger partial charge is 0.396 e. The minimum atomic E-state index is 0.104. The highest BCUT2D eigenvalue weighted by Crippen LogP contribution is 2.27. The fourth-order valence-electron chi connectivity index (χ4n) is 1.83. The van der Waals surface area contributed by atoms with Gasteiger partial charge in [-0.1, -0.05) is 34.1 Å². The summed E-state index contributed by atoms with van der Waals surface area (Å²) in [6.45, 7) is 2.14. The second-order valence-electron chi connectivity index (χ2n) is 3.96. The maximum atomic E-state index is 9.53. The van der Waals surface area contributed by atoms with E-state index in [1.54, 1.807) is 11.3 Å². The second-order valence-corrected chi connectivity index (χ2v) is 5.88. The fraction of sp³-hybridized carbons (Fsp3) is 0.308. The average molecular weight is 312 g/mol. The predicted octanol–water partition coefficient (Wildman–Crippen LogP) is 3.53. The third-order valence-corrected chi connectivity index (χ3v) is 4.23. The predicted molar refractivity (Wildman–Crippen MR) is 74.5 cm³/mol. The Balaban J connectivity index is 2.20. The zero-order valence-corrected chi connectivity index (χ0v) is 12.0. The highest BCUT2D eigenvalue weighted by molar-refractivity contribution is 9.10. The first-order valence-electron chi connectivity index (χ1n) is 5.47. The number of hydrogen-bond donors (Lipinski definition) is 1. The van der Waals surface area contributed by atoms with Gasteiger partial charge in [-0.25, -0.2) is 4.98 Å². The molecule has 1 aromatic carbocycles. The van der Waals surface area contributed by atoms with Crippen LogP contribution in [0.1, 0.15) is 22.2 Å². The molecule has 2 rings (SSSR count). The average Bonchev–Trinajstić information content (AvgIpc) is 2.73. The van der Waals surface area contributed by atoms with Gasteiger partial charge in [0.15, 0.2) is 0 Å². The molecule has 4 heteroatoms. The van der Waals surface area contributed by atoms with Gasteiger partial charge in [-0.2, -0.15) is 0 Å². The Labute approximate surface area is 113 Å². The Hall–Kier alpha value is -0.710. The van der Waals surface area contributed by atoms with Gasteiger partial charge < -0.3 is 5.11 Å². The molecule has 0 fully saturated rings. The summed E-state index contributed by atoms with van der Waals surface area (Å²) in [5.74, 6) is 0.104. The highest BCUT2D eigenvalue weighted by atomic mass is 79.9. The molecule has 1 unspecified atom stereocenters. The molecule has 0 saturated carbocycles. The van der Waals surface area contributed by atoms with E-state index in [0.29, 0.717) is 0 Å². The molecular formula is C13H14BrNOS. The molecule has 0 bridgehead atoms. The molecule has 1 atom stereocenters. The summed E-state index contributed by atoms with van der Waals surface area (Å²) in [6, 6.07) is 8.03. The number of hydrogen-bond acceptors (Lipinski definition) is 3. The standard InChI is InChI=1S/C13H14BrNOS/c1-9-15-11(8-17-9)6-10(7-16)12-4-2-3-5-13(12)14/h2-5,8,10,16H,6-7H2,1H3. The summed E-state index contributed by atoms with van der Waals surface area (Å²) < 4.78 is 1.05. The molecule has 0 spiro atoms. The normalized spacial score (nSPS) is 12.6. The van der Waals surface area contributed by atoms with Crippen LogP contribution in [0.15, 0.2) is 34.1 Å². The van der Waals surface area contributed by atoms with E-state index in [1.807, 2.05) is 31.2 Å². The van der Waals surface area contributed by atoms with Gasteiger partial charge in [-0.15, -0.1) is 11.3 Å². The zero-order valence-electron chi connectivity index (χ0n) is 9.56. The van der Waals surface area contributed by atoms with Crippen molar-refractivity contribution in [3.05, 3.63) is 50.4 Å².